The topological polar surface area (TPSA) is 32.7 Å². The fraction of sp³-hybridized carbons (Fsp3) is 0.385. The van der Waals surface area contributed by atoms with E-state index in [2.05, 4.69) is 4.99 Å². The zero-order chi connectivity index (χ0) is 13.0. The summed E-state index contributed by atoms with van der Waals surface area (Å²) in [4.78, 5) is 18.3. The predicted octanol–water partition coefficient (Wildman–Crippen LogP) is 2.65. The molecule has 96 valence electrons. The van der Waals surface area contributed by atoms with Gasteiger partial charge in [0.25, 0.3) is 0 Å². The first-order valence-electron chi connectivity index (χ1n) is 5.78. The van der Waals surface area contributed by atoms with Crippen LogP contribution >= 0.6 is 23.5 Å². The van der Waals surface area contributed by atoms with Crippen LogP contribution in [-0.4, -0.2) is 41.6 Å². The van der Waals surface area contributed by atoms with Crippen molar-refractivity contribution >= 4 is 33.8 Å². The quantitative estimate of drug-likeness (QED) is 0.853. The van der Waals surface area contributed by atoms with Gasteiger partial charge in [-0.05, 0) is 5.56 Å². The zero-order valence-corrected chi connectivity index (χ0v) is 12.1. The highest BCUT2D eigenvalue weighted by molar-refractivity contribution is 8.39. The minimum Gasteiger partial charge on any atom is -0.348 e. The lowest BCUT2D eigenvalue weighted by atomic mass is 10.1. The van der Waals surface area contributed by atoms with Gasteiger partial charge < -0.3 is 4.90 Å². The first-order valence-corrected chi connectivity index (χ1v) is 7.65. The Morgan fingerprint density at radius 1 is 1.39 bits per heavy atom. The van der Waals surface area contributed by atoms with Gasteiger partial charge in [-0.3, -0.25) is 9.79 Å². The first-order chi connectivity index (χ1) is 8.68. The molecule has 1 heterocycles. The van der Waals surface area contributed by atoms with Crippen molar-refractivity contribution < 1.29 is 4.79 Å². The van der Waals surface area contributed by atoms with E-state index in [0.29, 0.717) is 0 Å². The third kappa shape index (κ3) is 3.29. The van der Waals surface area contributed by atoms with Crippen molar-refractivity contribution in [3.63, 3.8) is 0 Å². The van der Waals surface area contributed by atoms with Crippen molar-refractivity contribution in [3.05, 3.63) is 35.9 Å². The molecule has 0 saturated heterocycles. The second-order valence-corrected chi connectivity index (χ2v) is 6.57. The van der Waals surface area contributed by atoms with Crippen LogP contribution in [0.5, 0.6) is 0 Å². The Labute approximate surface area is 116 Å². The summed E-state index contributed by atoms with van der Waals surface area (Å²) in [6.07, 6.45) is 0. The lowest BCUT2D eigenvalue weighted by molar-refractivity contribution is -0.128. The van der Waals surface area contributed by atoms with Crippen molar-refractivity contribution in [3.8, 4) is 0 Å². The van der Waals surface area contributed by atoms with E-state index in [1.165, 1.54) is 0 Å². The fourth-order valence-electron chi connectivity index (χ4n) is 1.61. The van der Waals surface area contributed by atoms with Gasteiger partial charge in [-0.2, -0.15) is 0 Å². The van der Waals surface area contributed by atoms with E-state index in [4.69, 9.17) is 0 Å². The van der Waals surface area contributed by atoms with E-state index in [9.17, 15) is 4.79 Å². The van der Waals surface area contributed by atoms with Crippen LogP contribution in [-0.2, 0) is 4.79 Å². The molecule has 0 spiro atoms. The summed E-state index contributed by atoms with van der Waals surface area (Å²) >= 11 is 3.30. The van der Waals surface area contributed by atoms with Gasteiger partial charge in [-0.1, -0.05) is 53.9 Å². The summed E-state index contributed by atoms with van der Waals surface area (Å²) < 4.78 is 1.03. The standard InChI is InChI=1S/C13H16N2OS2/c1-15(2)12(16)11(10-6-4-3-5-7-10)18-13-14-8-9-17-13/h3-7,11H,8-9H2,1-2H3/t11-/m0/s1. The summed E-state index contributed by atoms with van der Waals surface area (Å²) in [7, 11) is 3.59. The number of hydrogen-bond acceptors (Lipinski definition) is 4. The Bertz CT molecular complexity index is 446. The summed E-state index contributed by atoms with van der Waals surface area (Å²) in [6.45, 7) is 0.866. The van der Waals surface area contributed by atoms with Gasteiger partial charge >= 0.3 is 0 Å². The molecule has 0 aromatic heterocycles. The fourth-order valence-corrected chi connectivity index (χ4v) is 3.93. The highest BCUT2D eigenvalue weighted by Crippen LogP contribution is 2.36. The van der Waals surface area contributed by atoms with Gasteiger partial charge in [0.15, 0.2) is 0 Å². The van der Waals surface area contributed by atoms with Crippen LogP contribution in [0.3, 0.4) is 0 Å². The van der Waals surface area contributed by atoms with E-state index in [1.807, 2.05) is 30.3 Å². The maximum absolute atomic E-state index is 12.3. The third-order valence-corrected chi connectivity index (χ3v) is 4.99. The Morgan fingerprint density at radius 3 is 2.67 bits per heavy atom. The summed E-state index contributed by atoms with van der Waals surface area (Å²) in [5.74, 6) is 1.14. The predicted molar refractivity (Wildman–Crippen MR) is 80.2 cm³/mol. The van der Waals surface area contributed by atoms with Gasteiger partial charge in [0.1, 0.15) is 9.63 Å². The number of aliphatic imine (C=N–C) groups is 1. The molecule has 1 aromatic rings. The van der Waals surface area contributed by atoms with Crippen molar-refractivity contribution in [2.24, 2.45) is 4.99 Å². The molecule has 1 amide bonds. The number of thioether (sulfide) groups is 2. The highest BCUT2D eigenvalue weighted by Gasteiger charge is 2.26. The SMILES string of the molecule is CN(C)C(=O)[C@@H](SC1=NCCS1)c1ccccc1. The van der Waals surface area contributed by atoms with E-state index in [0.717, 1.165) is 22.2 Å². The number of likely N-dealkylation sites (N-methyl/N-ethyl adjacent to an activating group) is 1. The average molecular weight is 280 g/mol. The molecule has 0 saturated carbocycles. The smallest absolute Gasteiger partial charge is 0.240 e. The first kappa shape index (κ1) is 13.5. The molecule has 0 fully saturated rings. The van der Waals surface area contributed by atoms with E-state index in [-0.39, 0.29) is 11.2 Å². The maximum Gasteiger partial charge on any atom is 0.240 e. The van der Waals surface area contributed by atoms with Crippen LogP contribution in [0.1, 0.15) is 10.8 Å². The van der Waals surface area contributed by atoms with Crippen molar-refractivity contribution in [2.75, 3.05) is 26.4 Å². The average Bonchev–Trinajstić information content (AvgIpc) is 2.89. The van der Waals surface area contributed by atoms with Crippen LogP contribution in [0.2, 0.25) is 0 Å². The molecular weight excluding hydrogens is 264 g/mol. The minimum absolute atomic E-state index is 0.112. The van der Waals surface area contributed by atoms with Crippen molar-refractivity contribution in [1.29, 1.82) is 0 Å². The van der Waals surface area contributed by atoms with Crippen LogP contribution < -0.4 is 0 Å². The van der Waals surface area contributed by atoms with E-state index in [1.54, 1.807) is 42.5 Å². The number of benzene rings is 1. The number of hydrogen-bond donors (Lipinski definition) is 0. The summed E-state index contributed by atoms with van der Waals surface area (Å²) in [5.41, 5.74) is 1.04. The molecule has 18 heavy (non-hydrogen) atoms. The van der Waals surface area contributed by atoms with Crippen LogP contribution in [0.25, 0.3) is 0 Å². The van der Waals surface area contributed by atoms with Crippen molar-refractivity contribution in [2.45, 2.75) is 5.25 Å². The second kappa shape index (κ2) is 6.29. The summed E-state index contributed by atoms with van der Waals surface area (Å²) in [6, 6.07) is 9.90. The number of nitrogens with zero attached hydrogens (tertiary/aromatic N) is 2. The normalized spacial score (nSPS) is 16.2. The maximum atomic E-state index is 12.3. The molecule has 1 aliphatic heterocycles. The van der Waals surface area contributed by atoms with Crippen LogP contribution in [0, 0.1) is 0 Å². The Morgan fingerprint density at radius 2 is 2.11 bits per heavy atom. The van der Waals surface area contributed by atoms with Gasteiger partial charge in [-0.25, -0.2) is 0 Å². The number of carbonyl (C=O) groups excluding carboxylic acids is 1. The molecule has 0 bridgehead atoms. The van der Waals surface area contributed by atoms with E-state index >= 15 is 0 Å². The Balaban J connectivity index is 2.20. The van der Waals surface area contributed by atoms with Gasteiger partial charge in [0.2, 0.25) is 5.91 Å². The van der Waals surface area contributed by atoms with Gasteiger partial charge in [0, 0.05) is 19.8 Å². The zero-order valence-electron chi connectivity index (χ0n) is 10.5. The van der Waals surface area contributed by atoms with Crippen LogP contribution in [0.4, 0.5) is 0 Å². The molecule has 2 rings (SSSR count). The van der Waals surface area contributed by atoms with Crippen molar-refractivity contribution in [1.82, 2.24) is 4.90 Å². The molecule has 1 aliphatic rings. The molecule has 1 aromatic carbocycles. The Kier molecular flexibility index (Phi) is 4.72. The third-order valence-electron chi connectivity index (χ3n) is 2.54. The number of rotatable bonds is 3. The largest absolute Gasteiger partial charge is 0.348 e. The second-order valence-electron chi connectivity index (χ2n) is 4.14. The monoisotopic (exact) mass is 280 g/mol. The highest BCUT2D eigenvalue weighted by atomic mass is 32.2. The number of carbonyl (C=O) groups is 1. The molecule has 1 atom stereocenters. The lowest BCUT2D eigenvalue weighted by Crippen LogP contribution is -2.27. The molecule has 0 N–H and O–H groups in total. The van der Waals surface area contributed by atoms with Crippen LogP contribution in [0.15, 0.2) is 35.3 Å². The van der Waals surface area contributed by atoms with E-state index < -0.39 is 0 Å². The molecular formula is C13H16N2OS2. The van der Waals surface area contributed by atoms with Gasteiger partial charge in [-0.15, -0.1) is 0 Å². The molecule has 0 aliphatic carbocycles. The number of amides is 1. The molecule has 0 radical (unpaired) electrons. The Hall–Kier alpha value is -0.940. The molecule has 3 nitrogen and oxygen atoms in total. The molecule has 0 unspecified atom stereocenters. The lowest BCUT2D eigenvalue weighted by Gasteiger charge is -2.20. The molecule has 5 heteroatoms. The van der Waals surface area contributed by atoms with Gasteiger partial charge in [0.05, 0.1) is 6.54 Å². The summed E-state index contributed by atoms with van der Waals surface area (Å²) in [5, 5.41) is -0.189. The minimum atomic E-state index is -0.189.